The van der Waals surface area contributed by atoms with Gasteiger partial charge >= 0.3 is 5.51 Å². The van der Waals surface area contributed by atoms with Crippen molar-refractivity contribution in [2.45, 2.75) is 15.3 Å². The van der Waals surface area contributed by atoms with Crippen molar-refractivity contribution < 1.29 is 13.2 Å². The van der Waals surface area contributed by atoms with E-state index in [1.807, 2.05) is 0 Å². The summed E-state index contributed by atoms with van der Waals surface area (Å²) in [5.74, 6) is 0. The molecule has 1 heterocycles. The van der Waals surface area contributed by atoms with Crippen molar-refractivity contribution in [1.29, 1.82) is 0 Å². The number of nitrogens with zero attached hydrogens (tertiary/aromatic N) is 1. The van der Waals surface area contributed by atoms with Crippen molar-refractivity contribution in [3.8, 4) is 0 Å². The fourth-order valence-corrected chi connectivity index (χ4v) is 3.87. The molecule has 0 saturated carbocycles. The summed E-state index contributed by atoms with van der Waals surface area (Å²) in [7, 11) is -1.95. The minimum atomic E-state index is -4.31. The van der Waals surface area contributed by atoms with Crippen molar-refractivity contribution in [3.05, 3.63) is 54.1 Å². The maximum absolute atomic E-state index is 13.4. The molecule has 0 saturated heterocycles. The largest absolute Gasteiger partial charge is 0.586 e. The molecule has 96 valence electrons. The van der Waals surface area contributed by atoms with E-state index in [2.05, 4.69) is 4.99 Å². The molecule has 0 aromatic heterocycles. The number of hydrogen-bond donors (Lipinski definition) is 0. The highest BCUT2D eigenvalue weighted by Gasteiger charge is 2.56. The maximum atomic E-state index is 13.4. The number of aliphatic imine (C=N–C) groups is 1. The Labute approximate surface area is 111 Å². The Bertz CT molecular complexity index is 600. The summed E-state index contributed by atoms with van der Waals surface area (Å²) in [4.78, 5) is 4.69. The van der Waals surface area contributed by atoms with E-state index in [-0.39, 0.29) is 9.79 Å². The van der Waals surface area contributed by atoms with Gasteiger partial charge in [-0.3, -0.25) is 4.99 Å². The number of hydrogen-bond acceptors (Lipinski definition) is 1. The van der Waals surface area contributed by atoms with E-state index in [9.17, 15) is 13.2 Å². The Hall–Kier alpha value is -1.75. The molecule has 1 nitrogen and oxygen atoms in total. The molecule has 1 unspecified atom stereocenters. The lowest BCUT2D eigenvalue weighted by Gasteiger charge is -2.11. The number of alkyl halides is 3. The number of benzene rings is 2. The van der Waals surface area contributed by atoms with Gasteiger partial charge in [0.1, 0.15) is 5.69 Å². The third kappa shape index (κ3) is 2.14. The monoisotopic (exact) mass is 280 g/mol. The minimum absolute atomic E-state index is 0.233. The second-order valence-electron chi connectivity index (χ2n) is 4.02. The van der Waals surface area contributed by atoms with E-state index >= 15 is 0 Å². The highest BCUT2D eigenvalue weighted by molar-refractivity contribution is 7.98. The van der Waals surface area contributed by atoms with Crippen LogP contribution in [0.5, 0.6) is 0 Å². The van der Waals surface area contributed by atoms with E-state index in [4.69, 9.17) is 0 Å². The molecule has 0 fully saturated rings. The molecular weight excluding hydrogens is 271 g/mol. The maximum Gasteiger partial charge on any atom is 0.586 e. The van der Waals surface area contributed by atoms with Gasteiger partial charge in [0.15, 0.2) is 20.7 Å². The molecule has 0 aliphatic carbocycles. The predicted octanol–water partition coefficient (Wildman–Crippen LogP) is 4.31. The molecule has 1 atom stereocenters. The van der Waals surface area contributed by atoms with Gasteiger partial charge in [-0.1, -0.05) is 24.3 Å². The predicted molar refractivity (Wildman–Crippen MR) is 70.1 cm³/mol. The number of fused-ring (bicyclic) bond motifs is 2. The molecule has 0 spiro atoms. The first-order chi connectivity index (χ1) is 9.07. The lowest BCUT2D eigenvalue weighted by molar-refractivity contribution is -0.0370. The Morgan fingerprint density at radius 2 is 1.47 bits per heavy atom. The zero-order valence-electron chi connectivity index (χ0n) is 9.69. The SMILES string of the molecule is FC(F)(F)[S+]1c2ccccc2C=Nc2ccccc21. The van der Waals surface area contributed by atoms with Crippen LogP contribution in [0.25, 0.3) is 0 Å². The first-order valence-electron chi connectivity index (χ1n) is 5.60. The molecule has 2 aromatic carbocycles. The van der Waals surface area contributed by atoms with Gasteiger partial charge in [-0.2, -0.15) is 0 Å². The van der Waals surface area contributed by atoms with Gasteiger partial charge in [-0.25, -0.2) is 0 Å². The highest BCUT2D eigenvalue weighted by atomic mass is 32.2. The van der Waals surface area contributed by atoms with Crippen LogP contribution in [0.4, 0.5) is 18.9 Å². The number of rotatable bonds is 0. The Balaban J connectivity index is 2.31. The summed E-state index contributed by atoms with van der Waals surface area (Å²) >= 11 is 0. The van der Waals surface area contributed by atoms with Crippen LogP contribution >= 0.6 is 0 Å². The highest BCUT2D eigenvalue weighted by Crippen LogP contribution is 2.44. The summed E-state index contributed by atoms with van der Waals surface area (Å²) in [6, 6.07) is 13.0. The topological polar surface area (TPSA) is 12.4 Å². The Morgan fingerprint density at radius 3 is 2.21 bits per heavy atom. The van der Waals surface area contributed by atoms with Crippen LogP contribution in [0.15, 0.2) is 63.3 Å². The van der Waals surface area contributed by atoms with Gasteiger partial charge in [0, 0.05) is 11.8 Å². The van der Waals surface area contributed by atoms with Crippen LogP contribution in [0.1, 0.15) is 5.56 Å². The number of para-hydroxylation sites is 1. The quantitative estimate of drug-likeness (QED) is 0.638. The molecule has 5 heteroatoms. The van der Waals surface area contributed by atoms with Crippen LogP contribution in [-0.4, -0.2) is 11.7 Å². The molecule has 2 aromatic rings. The molecule has 0 N–H and O–H groups in total. The molecule has 19 heavy (non-hydrogen) atoms. The van der Waals surface area contributed by atoms with Gasteiger partial charge in [-0.15, -0.1) is 13.2 Å². The van der Waals surface area contributed by atoms with Crippen LogP contribution in [0.3, 0.4) is 0 Å². The van der Waals surface area contributed by atoms with Crippen molar-refractivity contribution in [3.63, 3.8) is 0 Å². The van der Waals surface area contributed by atoms with Crippen molar-refractivity contribution in [2.75, 3.05) is 0 Å². The molecule has 0 amide bonds. The van der Waals surface area contributed by atoms with E-state index in [0.717, 1.165) is 0 Å². The second kappa shape index (κ2) is 4.42. The van der Waals surface area contributed by atoms with Gasteiger partial charge < -0.3 is 0 Å². The standard InChI is InChI=1S/C14H9F3NS/c15-14(16,17)19-12-7-3-1-5-10(12)9-18-11-6-2-4-8-13(11)19/h1-9H/q+1. The van der Waals surface area contributed by atoms with E-state index in [0.29, 0.717) is 11.3 Å². The fraction of sp³-hybridized carbons (Fsp3) is 0.0714. The fourth-order valence-electron chi connectivity index (χ4n) is 2.02. The molecule has 3 rings (SSSR count). The summed E-state index contributed by atoms with van der Waals surface area (Å²) in [6.07, 6.45) is 1.51. The third-order valence-electron chi connectivity index (χ3n) is 2.80. The third-order valence-corrected chi connectivity index (χ3v) is 4.86. The minimum Gasteiger partial charge on any atom is -0.251 e. The van der Waals surface area contributed by atoms with Crippen LogP contribution < -0.4 is 0 Å². The normalized spacial score (nSPS) is 17.5. The van der Waals surface area contributed by atoms with Gasteiger partial charge in [0.25, 0.3) is 0 Å². The summed E-state index contributed by atoms with van der Waals surface area (Å²) < 4.78 is 40.3. The first kappa shape index (κ1) is 12.3. The average molecular weight is 280 g/mol. The summed E-state index contributed by atoms with van der Waals surface area (Å²) in [5, 5.41) is 0. The van der Waals surface area contributed by atoms with E-state index in [1.165, 1.54) is 18.3 Å². The van der Waals surface area contributed by atoms with Crippen LogP contribution in [0.2, 0.25) is 0 Å². The van der Waals surface area contributed by atoms with Gasteiger partial charge in [-0.05, 0) is 24.3 Å². The zero-order valence-corrected chi connectivity index (χ0v) is 10.5. The summed E-state index contributed by atoms with van der Waals surface area (Å²) in [6.45, 7) is 0. The van der Waals surface area contributed by atoms with E-state index in [1.54, 1.807) is 36.4 Å². The van der Waals surface area contributed by atoms with Gasteiger partial charge in [0.2, 0.25) is 0 Å². The average Bonchev–Trinajstić information content (AvgIpc) is 2.54. The Kier molecular flexibility index (Phi) is 2.86. The van der Waals surface area contributed by atoms with E-state index < -0.39 is 16.4 Å². The van der Waals surface area contributed by atoms with Crippen molar-refractivity contribution >= 4 is 22.8 Å². The van der Waals surface area contributed by atoms with Crippen molar-refractivity contribution in [2.24, 2.45) is 4.99 Å². The second-order valence-corrected chi connectivity index (χ2v) is 5.97. The first-order valence-corrected chi connectivity index (χ1v) is 6.83. The lowest BCUT2D eigenvalue weighted by Crippen LogP contribution is -2.24. The molecule has 1 aliphatic heterocycles. The summed E-state index contributed by atoms with van der Waals surface area (Å²) in [5.41, 5.74) is -3.39. The van der Waals surface area contributed by atoms with Crippen LogP contribution in [0, 0.1) is 0 Å². The molecule has 0 radical (unpaired) electrons. The van der Waals surface area contributed by atoms with Crippen LogP contribution in [-0.2, 0) is 10.9 Å². The van der Waals surface area contributed by atoms with Gasteiger partial charge in [0.05, 0.1) is 0 Å². The molecule has 1 aliphatic rings. The molecule has 0 bridgehead atoms. The Morgan fingerprint density at radius 1 is 0.842 bits per heavy atom. The zero-order chi connectivity index (χ0) is 13.5. The smallest absolute Gasteiger partial charge is 0.251 e. The lowest BCUT2D eigenvalue weighted by atomic mass is 10.2. The molecular formula is C14H9F3NS+. The van der Waals surface area contributed by atoms with Crippen molar-refractivity contribution in [1.82, 2.24) is 0 Å². The number of halogens is 3.